The molecule has 1 aromatic rings. The standard InChI is InChI=1S/C9H8N2O2/c1-2-7-3-4-8(10-5-7)6-11-9(12)13/h1,3-5,11H,6H2,(H,12,13). The number of aromatic nitrogens is 1. The Balaban J connectivity index is 2.60. The van der Waals surface area contributed by atoms with Crippen molar-refractivity contribution in [2.24, 2.45) is 0 Å². The normalized spacial score (nSPS) is 8.85. The van der Waals surface area contributed by atoms with Crippen LogP contribution in [-0.4, -0.2) is 16.2 Å². The van der Waals surface area contributed by atoms with Gasteiger partial charge in [0.15, 0.2) is 0 Å². The van der Waals surface area contributed by atoms with Crippen molar-refractivity contribution in [3.8, 4) is 12.3 Å². The number of hydrogen-bond acceptors (Lipinski definition) is 2. The van der Waals surface area contributed by atoms with Crippen LogP contribution in [-0.2, 0) is 6.54 Å². The molecule has 0 unspecified atom stereocenters. The zero-order valence-corrected chi connectivity index (χ0v) is 6.82. The molecule has 0 aliphatic heterocycles. The monoisotopic (exact) mass is 176 g/mol. The quantitative estimate of drug-likeness (QED) is 0.656. The zero-order valence-electron chi connectivity index (χ0n) is 6.82. The highest BCUT2D eigenvalue weighted by atomic mass is 16.4. The highest BCUT2D eigenvalue weighted by Gasteiger charge is 1.96. The molecule has 4 nitrogen and oxygen atoms in total. The van der Waals surface area contributed by atoms with Crippen LogP contribution in [0.1, 0.15) is 11.3 Å². The van der Waals surface area contributed by atoms with Gasteiger partial charge in [-0.15, -0.1) is 6.42 Å². The molecule has 0 fully saturated rings. The van der Waals surface area contributed by atoms with Crippen LogP contribution in [0, 0.1) is 12.3 Å². The third-order valence-corrected chi connectivity index (χ3v) is 1.41. The molecule has 0 spiro atoms. The smallest absolute Gasteiger partial charge is 0.404 e. The van der Waals surface area contributed by atoms with Gasteiger partial charge in [-0.05, 0) is 12.1 Å². The number of carboxylic acid groups (broad SMARTS) is 1. The third-order valence-electron chi connectivity index (χ3n) is 1.41. The van der Waals surface area contributed by atoms with Gasteiger partial charge in [-0.2, -0.15) is 0 Å². The van der Waals surface area contributed by atoms with E-state index < -0.39 is 6.09 Å². The second-order valence-corrected chi connectivity index (χ2v) is 2.34. The van der Waals surface area contributed by atoms with Crippen molar-refractivity contribution >= 4 is 6.09 Å². The van der Waals surface area contributed by atoms with Crippen molar-refractivity contribution in [2.75, 3.05) is 0 Å². The largest absolute Gasteiger partial charge is 0.465 e. The molecular weight excluding hydrogens is 168 g/mol. The van der Waals surface area contributed by atoms with E-state index in [-0.39, 0.29) is 6.54 Å². The minimum atomic E-state index is -1.07. The van der Waals surface area contributed by atoms with E-state index in [1.807, 2.05) is 0 Å². The maximum absolute atomic E-state index is 10.1. The Hall–Kier alpha value is -2.02. The highest BCUT2D eigenvalue weighted by Crippen LogP contribution is 1.97. The van der Waals surface area contributed by atoms with E-state index in [9.17, 15) is 4.79 Å². The summed E-state index contributed by atoms with van der Waals surface area (Å²) < 4.78 is 0. The third kappa shape index (κ3) is 2.83. The van der Waals surface area contributed by atoms with E-state index in [0.717, 1.165) is 0 Å². The number of carbonyl (C=O) groups is 1. The van der Waals surface area contributed by atoms with Gasteiger partial charge >= 0.3 is 6.09 Å². The Labute approximate surface area is 75.6 Å². The van der Waals surface area contributed by atoms with Crippen molar-refractivity contribution in [1.29, 1.82) is 0 Å². The van der Waals surface area contributed by atoms with Gasteiger partial charge in [-0.1, -0.05) is 5.92 Å². The van der Waals surface area contributed by atoms with E-state index in [4.69, 9.17) is 11.5 Å². The fraction of sp³-hybridized carbons (Fsp3) is 0.111. The van der Waals surface area contributed by atoms with Crippen LogP contribution in [0.15, 0.2) is 18.3 Å². The molecule has 0 radical (unpaired) electrons. The van der Waals surface area contributed by atoms with Crippen molar-refractivity contribution in [1.82, 2.24) is 10.3 Å². The van der Waals surface area contributed by atoms with Crippen molar-refractivity contribution in [3.05, 3.63) is 29.6 Å². The average Bonchev–Trinajstić information content (AvgIpc) is 2.15. The predicted molar refractivity (Wildman–Crippen MR) is 47.0 cm³/mol. The van der Waals surface area contributed by atoms with Gasteiger partial charge in [0.05, 0.1) is 12.2 Å². The fourth-order valence-electron chi connectivity index (χ4n) is 0.781. The predicted octanol–water partition coefficient (Wildman–Crippen LogP) is 0.831. The molecule has 1 aromatic heterocycles. The molecule has 2 N–H and O–H groups in total. The Morgan fingerprint density at radius 2 is 2.46 bits per heavy atom. The van der Waals surface area contributed by atoms with Gasteiger partial charge in [-0.25, -0.2) is 4.79 Å². The summed E-state index contributed by atoms with van der Waals surface area (Å²) in [5.41, 5.74) is 1.32. The molecule has 4 heteroatoms. The lowest BCUT2D eigenvalue weighted by atomic mass is 10.2. The molecule has 1 amide bonds. The Morgan fingerprint density at radius 1 is 1.69 bits per heavy atom. The minimum absolute atomic E-state index is 0.195. The zero-order chi connectivity index (χ0) is 9.68. The molecular formula is C9H8N2O2. The SMILES string of the molecule is C#Cc1ccc(CNC(=O)O)nc1. The summed E-state index contributed by atoms with van der Waals surface area (Å²) in [7, 11) is 0. The van der Waals surface area contributed by atoms with Crippen molar-refractivity contribution in [3.63, 3.8) is 0 Å². The summed E-state index contributed by atoms with van der Waals surface area (Å²) in [6, 6.07) is 3.40. The van der Waals surface area contributed by atoms with Gasteiger partial charge in [0.2, 0.25) is 0 Å². The summed E-state index contributed by atoms with van der Waals surface area (Å²) in [5, 5.41) is 10.5. The van der Waals surface area contributed by atoms with Crippen LogP contribution in [0.25, 0.3) is 0 Å². The summed E-state index contributed by atoms with van der Waals surface area (Å²) in [4.78, 5) is 14.1. The number of amides is 1. The van der Waals surface area contributed by atoms with Gasteiger partial charge in [0, 0.05) is 11.8 Å². The summed E-state index contributed by atoms with van der Waals surface area (Å²) in [5.74, 6) is 2.42. The van der Waals surface area contributed by atoms with Crippen LogP contribution in [0.4, 0.5) is 4.79 Å². The first-order valence-corrected chi connectivity index (χ1v) is 3.60. The van der Waals surface area contributed by atoms with Gasteiger partial charge in [0.1, 0.15) is 0 Å². The fourth-order valence-corrected chi connectivity index (χ4v) is 0.781. The van der Waals surface area contributed by atoms with E-state index >= 15 is 0 Å². The lowest BCUT2D eigenvalue weighted by Crippen LogP contribution is -2.20. The molecule has 1 heterocycles. The van der Waals surface area contributed by atoms with Crippen LogP contribution in [0.2, 0.25) is 0 Å². The first-order valence-electron chi connectivity index (χ1n) is 3.60. The summed E-state index contributed by atoms with van der Waals surface area (Å²) in [6.07, 6.45) is 5.58. The topological polar surface area (TPSA) is 62.2 Å². The lowest BCUT2D eigenvalue weighted by Gasteiger charge is -1.99. The highest BCUT2D eigenvalue weighted by molar-refractivity contribution is 5.64. The first-order chi connectivity index (χ1) is 6.22. The van der Waals surface area contributed by atoms with Crippen LogP contribution < -0.4 is 5.32 Å². The Kier molecular flexibility index (Phi) is 2.87. The molecule has 0 aliphatic carbocycles. The molecule has 0 saturated heterocycles. The molecule has 0 aromatic carbocycles. The molecule has 0 bridgehead atoms. The van der Waals surface area contributed by atoms with Gasteiger partial charge in [-0.3, -0.25) is 4.98 Å². The van der Waals surface area contributed by atoms with Gasteiger partial charge in [0.25, 0.3) is 0 Å². The van der Waals surface area contributed by atoms with E-state index in [0.29, 0.717) is 11.3 Å². The second kappa shape index (κ2) is 4.12. The number of nitrogens with one attached hydrogen (secondary N) is 1. The Bertz CT molecular complexity index is 338. The number of pyridine rings is 1. The summed E-state index contributed by atoms with van der Waals surface area (Å²) in [6.45, 7) is 0.195. The minimum Gasteiger partial charge on any atom is -0.465 e. The summed E-state index contributed by atoms with van der Waals surface area (Å²) >= 11 is 0. The lowest BCUT2D eigenvalue weighted by molar-refractivity contribution is 0.194. The van der Waals surface area contributed by atoms with Crippen LogP contribution in [0.5, 0.6) is 0 Å². The van der Waals surface area contributed by atoms with Crippen LogP contribution in [0.3, 0.4) is 0 Å². The molecule has 66 valence electrons. The Morgan fingerprint density at radius 3 is 2.92 bits per heavy atom. The molecule has 13 heavy (non-hydrogen) atoms. The first kappa shape index (κ1) is 9.07. The molecule has 1 rings (SSSR count). The van der Waals surface area contributed by atoms with Crippen molar-refractivity contribution in [2.45, 2.75) is 6.54 Å². The van der Waals surface area contributed by atoms with E-state index in [1.165, 1.54) is 6.20 Å². The number of terminal acetylenes is 1. The number of rotatable bonds is 2. The number of hydrogen-bond donors (Lipinski definition) is 2. The second-order valence-electron chi connectivity index (χ2n) is 2.34. The van der Waals surface area contributed by atoms with E-state index in [1.54, 1.807) is 12.1 Å². The number of nitrogens with zero attached hydrogens (tertiary/aromatic N) is 1. The van der Waals surface area contributed by atoms with E-state index in [2.05, 4.69) is 16.2 Å². The maximum atomic E-state index is 10.1. The molecule has 0 atom stereocenters. The van der Waals surface area contributed by atoms with Crippen LogP contribution >= 0.6 is 0 Å². The molecule has 0 aliphatic rings. The van der Waals surface area contributed by atoms with Gasteiger partial charge < -0.3 is 10.4 Å². The average molecular weight is 176 g/mol. The molecule has 0 saturated carbocycles. The van der Waals surface area contributed by atoms with Crippen molar-refractivity contribution < 1.29 is 9.90 Å². The maximum Gasteiger partial charge on any atom is 0.404 e.